The number of nitrogens with one attached hydrogen (secondary N) is 2. The lowest BCUT2D eigenvalue weighted by Gasteiger charge is -2.40. The van der Waals surface area contributed by atoms with Crippen LogP contribution in [0.5, 0.6) is 0 Å². The Morgan fingerprint density at radius 1 is 0.725 bits per heavy atom. The van der Waals surface area contributed by atoms with E-state index in [0.29, 0.717) is 62.9 Å². The van der Waals surface area contributed by atoms with Crippen LogP contribution in [0.25, 0.3) is 0 Å². The standard InChI is InChI=1S/C37H52N4O8S2/c1-4-24(32(42)38-26-18-20-50-30-14-8-12-28(36(46)48-2)40(30)34(26)44)16-17-25(22-23-10-6-5-7-11-23)33(43)39-27-19-21-51-31-15-9-13-29(37(47)49-3)41(31)35(27)45/h5-7,10-11,24-31H,4,8-9,12-22H2,1-3H3,(H,38,42)(H,39,43)/t24-,25+,26-,27-,28-,29-,30-,31-/m0/s1. The molecule has 0 aromatic heterocycles. The highest BCUT2D eigenvalue weighted by molar-refractivity contribution is 8.00. The van der Waals surface area contributed by atoms with Crippen molar-refractivity contribution < 1.29 is 38.2 Å². The Morgan fingerprint density at radius 2 is 1.20 bits per heavy atom. The second kappa shape index (κ2) is 18.5. The number of piperidine rings is 2. The molecular formula is C37H52N4O8S2. The molecular weight excluding hydrogens is 693 g/mol. The summed E-state index contributed by atoms with van der Waals surface area (Å²) >= 11 is 3.28. The fourth-order valence-corrected chi connectivity index (χ4v) is 10.6. The number of ether oxygens (including phenoxy) is 2. The molecule has 0 saturated carbocycles. The summed E-state index contributed by atoms with van der Waals surface area (Å²) in [5.41, 5.74) is 0.970. The van der Waals surface area contributed by atoms with Gasteiger partial charge in [0, 0.05) is 11.8 Å². The van der Waals surface area contributed by atoms with Gasteiger partial charge in [0.05, 0.1) is 25.0 Å². The quantitative estimate of drug-likeness (QED) is 0.304. The van der Waals surface area contributed by atoms with Crippen LogP contribution in [0.2, 0.25) is 0 Å². The Kier molecular flexibility index (Phi) is 14.1. The first-order valence-electron chi connectivity index (χ1n) is 18.3. The summed E-state index contributed by atoms with van der Waals surface area (Å²) in [6, 6.07) is 6.84. The molecule has 51 heavy (non-hydrogen) atoms. The van der Waals surface area contributed by atoms with E-state index in [-0.39, 0.29) is 34.4 Å². The van der Waals surface area contributed by atoms with Crippen LogP contribution in [0, 0.1) is 11.8 Å². The van der Waals surface area contributed by atoms with Crippen molar-refractivity contribution in [2.75, 3.05) is 25.7 Å². The molecule has 4 fully saturated rings. The molecule has 1 aromatic carbocycles. The summed E-state index contributed by atoms with van der Waals surface area (Å²) in [5, 5.41) is 5.80. The number of benzene rings is 1. The predicted octanol–water partition coefficient (Wildman–Crippen LogP) is 3.66. The number of nitrogens with zero attached hydrogens (tertiary/aromatic N) is 2. The third-order valence-electron chi connectivity index (χ3n) is 10.7. The Hall–Kier alpha value is -3.26. The van der Waals surface area contributed by atoms with E-state index in [1.54, 1.807) is 33.3 Å². The van der Waals surface area contributed by atoms with Gasteiger partial charge in [-0.05, 0) is 94.1 Å². The molecule has 280 valence electrons. The Labute approximate surface area is 309 Å². The number of methoxy groups -OCH3 is 2. The number of thioether (sulfide) groups is 2. The molecule has 4 heterocycles. The van der Waals surface area contributed by atoms with Crippen molar-refractivity contribution in [3.63, 3.8) is 0 Å². The number of carbonyl (C=O) groups is 6. The Bertz CT molecular complexity index is 1420. The van der Waals surface area contributed by atoms with Crippen LogP contribution >= 0.6 is 23.5 Å². The zero-order chi connectivity index (χ0) is 36.5. The maximum Gasteiger partial charge on any atom is 0.328 e. The van der Waals surface area contributed by atoms with E-state index < -0.39 is 47.9 Å². The average molecular weight is 745 g/mol. The third-order valence-corrected chi connectivity index (χ3v) is 13.3. The SMILES string of the molecule is CC[C@@H](CC[C@H](Cc1ccccc1)C(=O)N[C@H]1CCS[C@H]2CCC[C@@H](C(=O)OC)N2C1=O)C(=O)N[C@H]1CCS[C@H]2CCC[C@@H](C(=O)OC)N2C1=O. The van der Waals surface area contributed by atoms with Gasteiger partial charge in [-0.2, -0.15) is 0 Å². The van der Waals surface area contributed by atoms with E-state index in [9.17, 15) is 28.8 Å². The molecule has 4 saturated heterocycles. The van der Waals surface area contributed by atoms with Crippen LogP contribution in [0.1, 0.15) is 83.1 Å². The van der Waals surface area contributed by atoms with E-state index in [1.165, 1.54) is 14.2 Å². The van der Waals surface area contributed by atoms with Crippen LogP contribution < -0.4 is 10.6 Å². The van der Waals surface area contributed by atoms with Crippen molar-refractivity contribution in [2.24, 2.45) is 11.8 Å². The summed E-state index contributed by atoms with van der Waals surface area (Å²) in [6.07, 6.45) is 6.98. The topological polar surface area (TPSA) is 151 Å². The van der Waals surface area contributed by atoms with Crippen LogP contribution in [0.15, 0.2) is 30.3 Å². The molecule has 1 aromatic rings. The van der Waals surface area contributed by atoms with Gasteiger partial charge in [-0.1, -0.05) is 37.3 Å². The van der Waals surface area contributed by atoms with Crippen molar-refractivity contribution >= 4 is 59.1 Å². The van der Waals surface area contributed by atoms with Crippen LogP contribution in [-0.4, -0.2) is 106 Å². The molecule has 8 atom stereocenters. The first-order chi connectivity index (χ1) is 24.7. The molecule has 5 rings (SSSR count). The molecule has 4 aliphatic heterocycles. The Balaban J connectivity index is 1.26. The van der Waals surface area contributed by atoms with Crippen molar-refractivity contribution in [1.82, 2.24) is 20.4 Å². The highest BCUT2D eigenvalue weighted by Crippen LogP contribution is 2.36. The van der Waals surface area contributed by atoms with Gasteiger partial charge in [0.15, 0.2) is 0 Å². The number of fused-ring (bicyclic) bond motifs is 2. The van der Waals surface area contributed by atoms with Gasteiger partial charge in [0.1, 0.15) is 24.2 Å². The van der Waals surface area contributed by atoms with Crippen molar-refractivity contribution in [3.05, 3.63) is 35.9 Å². The summed E-state index contributed by atoms with van der Waals surface area (Å²) in [5.74, 6) is -1.49. The van der Waals surface area contributed by atoms with Crippen LogP contribution in [0.4, 0.5) is 0 Å². The first kappa shape index (κ1) is 39.0. The second-order valence-corrected chi connectivity index (χ2v) is 16.4. The molecule has 14 heteroatoms. The molecule has 0 unspecified atom stereocenters. The smallest absolute Gasteiger partial charge is 0.328 e. The van der Waals surface area contributed by atoms with Gasteiger partial charge in [-0.15, -0.1) is 23.5 Å². The third kappa shape index (κ3) is 9.40. The summed E-state index contributed by atoms with van der Waals surface area (Å²) in [6.45, 7) is 1.92. The molecule has 0 radical (unpaired) electrons. The molecule has 0 spiro atoms. The minimum Gasteiger partial charge on any atom is -0.467 e. The van der Waals surface area contributed by atoms with E-state index in [2.05, 4.69) is 10.6 Å². The van der Waals surface area contributed by atoms with Crippen molar-refractivity contribution in [3.8, 4) is 0 Å². The number of carbonyl (C=O) groups excluding carboxylic acids is 6. The fraction of sp³-hybridized carbons (Fsp3) is 0.676. The molecule has 4 amide bonds. The highest BCUT2D eigenvalue weighted by atomic mass is 32.2. The normalized spacial score (nSPS) is 27.8. The zero-order valence-electron chi connectivity index (χ0n) is 29.9. The van der Waals surface area contributed by atoms with E-state index in [0.717, 1.165) is 31.2 Å². The number of rotatable bonds is 12. The molecule has 0 aliphatic carbocycles. The predicted molar refractivity (Wildman–Crippen MR) is 195 cm³/mol. The maximum atomic E-state index is 14.0. The average Bonchev–Trinajstić information content (AvgIpc) is 3.41. The van der Waals surface area contributed by atoms with E-state index in [4.69, 9.17) is 9.47 Å². The van der Waals surface area contributed by atoms with Gasteiger partial charge in [0.25, 0.3) is 0 Å². The fourth-order valence-electron chi connectivity index (χ4n) is 7.83. The number of hydrogen-bond donors (Lipinski definition) is 2. The number of amides is 4. The lowest BCUT2D eigenvalue weighted by atomic mass is 9.88. The second-order valence-electron chi connectivity index (χ2n) is 13.9. The lowest BCUT2D eigenvalue weighted by Crippen LogP contribution is -2.58. The van der Waals surface area contributed by atoms with Gasteiger partial charge in [-0.3, -0.25) is 19.2 Å². The molecule has 12 nitrogen and oxygen atoms in total. The lowest BCUT2D eigenvalue weighted by molar-refractivity contribution is -0.156. The number of hydrogen-bond acceptors (Lipinski definition) is 10. The minimum absolute atomic E-state index is 0.123. The highest BCUT2D eigenvalue weighted by Gasteiger charge is 2.45. The van der Waals surface area contributed by atoms with Gasteiger partial charge in [-0.25, -0.2) is 9.59 Å². The van der Waals surface area contributed by atoms with Gasteiger partial charge in [0.2, 0.25) is 23.6 Å². The number of esters is 2. The van der Waals surface area contributed by atoms with Crippen molar-refractivity contribution in [1.29, 1.82) is 0 Å². The molecule has 4 aliphatic rings. The van der Waals surface area contributed by atoms with E-state index in [1.807, 2.05) is 37.3 Å². The largest absolute Gasteiger partial charge is 0.467 e. The Morgan fingerprint density at radius 3 is 1.67 bits per heavy atom. The minimum atomic E-state index is -0.768. The summed E-state index contributed by atoms with van der Waals surface area (Å²) < 4.78 is 10.0. The van der Waals surface area contributed by atoms with Crippen molar-refractivity contribution in [2.45, 2.75) is 119 Å². The first-order valence-corrected chi connectivity index (χ1v) is 20.4. The van der Waals surface area contributed by atoms with Crippen LogP contribution in [-0.2, 0) is 44.7 Å². The summed E-state index contributed by atoms with van der Waals surface area (Å²) in [4.78, 5) is 84.0. The monoisotopic (exact) mass is 744 g/mol. The maximum absolute atomic E-state index is 14.0. The van der Waals surface area contributed by atoms with E-state index >= 15 is 0 Å². The molecule has 0 bridgehead atoms. The molecule has 2 N–H and O–H groups in total. The summed E-state index contributed by atoms with van der Waals surface area (Å²) in [7, 11) is 2.66. The van der Waals surface area contributed by atoms with Gasteiger partial charge < -0.3 is 29.9 Å². The zero-order valence-corrected chi connectivity index (χ0v) is 31.5. The van der Waals surface area contributed by atoms with Crippen LogP contribution in [0.3, 0.4) is 0 Å². The van der Waals surface area contributed by atoms with Gasteiger partial charge >= 0.3 is 11.9 Å².